The van der Waals surface area contributed by atoms with Crippen LogP contribution in [0.25, 0.3) is 0 Å². The van der Waals surface area contributed by atoms with Gasteiger partial charge in [-0.05, 0) is 37.5 Å². The monoisotopic (exact) mass is 264 g/mol. The Balaban J connectivity index is 2.29. The van der Waals surface area contributed by atoms with Gasteiger partial charge in [0.25, 0.3) is 0 Å². The average Bonchev–Trinajstić information content (AvgIpc) is 2.94. The Morgan fingerprint density at radius 2 is 1.94 bits per heavy atom. The Kier molecular flexibility index (Phi) is 2.69. The smallest absolute Gasteiger partial charge is 0.398 e. The molecule has 1 aliphatic carbocycles. The fourth-order valence-corrected chi connectivity index (χ4v) is 1.86. The summed E-state index contributed by atoms with van der Waals surface area (Å²) in [6, 6.07) is 3.01. The molecule has 0 radical (unpaired) electrons. The molecule has 0 saturated heterocycles. The number of anilines is 2. The summed E-state index contributed by atoms with van der Waals surface area (Å²) in [5.74, 6) is 0. The number of benzene rings is 1. The van der Waals surface area contributed by atoms with Crippen molar-refractivity contribution >= 4 is 23.0 Å². The highest BCUT2D eigenvalue weighted by molar-refractivity contribution is 6.33. The molecule has 94 valence electrons. The Hall–Kier alpha value is -1.10. The second-order valence-corrected chi connectivity index (χ2v) is 4.80. The van der Waals surface area contributed by atoms with Gasteiger partial charge in [-0.15, -0.1) is 0 Å². The summed E-state index contributed by atoms with van der Waals surface area (Å²) in [7, 11) is 0. The summed E-state index contributed by atoms with van der Waals surface area (Å²) in [6.07, 6.45) is -4.05. The van der Waals surface area contributed by atoms with E-state index >= 15 is 0 Å². The Morgan fingerprint density at radius 3 is 2.41 bits per heavy atom. The summed E-state index contributed by atoms with van der Waals surface area (Å²) in [6.45, 7) is 1.70. The van der Waals surface area contributed by atoms with E-state index in [9.17, 15) is 13.2 Å². The standard InChI is InChI=1S/C11H12ClF3N2/c1-6-4-8(16)7(12)5-9(6)17-10(2-3-10)11(13,14)15/h4-5,17H,2-3,16H2,1H3. The largest absolute Gasteiger partial charge is 0.411 e. The topological polar surface area (TPSA) is 38.0 Å². The average molecular weight is 265 g/mol. The first-order valence-corrected chi connectivity index (χ1v) is 5.53. The number of alkyl halides is 3. The molecule has 1 aromatic rings. The van der Waals surface area contributed by atoms with Crippen LogP contribution in [0.3, 0.4) is 0 Å². The lowest BCUT2D eigenvalue weighted by Crippen LogP contribution is -2.38. The predicted octanol–water partition coefficient (Wildman–Crippen LogP) is 3.74. The van der Waals surface area contributed by atoms with Crippen molar-refractivity contribution in [3.63, 3.8) is 0 Å². The van der Waals surface area contributed by atoms with Gasteiger partial charge in [0, 0.05) is 5.69 Å². The van der Waals surface area contributed by atoms with E-state index in [0.29, 0.717) is 16.9 Å². The summed E-state index contributed by atoms with van der Waals surface area (Å²) < 4.78 is 38.3. The third-order valence-electron chi connectivity index (χ3n) is 3.01. The van der Waals surface area contributed by atoms with E-state index in [-0.39, 0.29) is 17.9 Å². The van der Waals surface area contributed by atoms with Crippen molar-refractivity contribution in [3.05, 3.63) is 22.7 Å². The van der Waals surface area contributed by atoms with E-state index in [4.69, 9.17) is 17.3 Å². The first-order valence-electron chi connectivity index (χ1n) is 5.16. The zero-order chi connectivity index (χ0) is 12.8. The Morgan fingerprint density at radius 1 is 1.35 bits per heavy atom. The molecule has 0 unspecified atom stereocenters. The van der Waals surface area contributed by atoms with Crippen molar-refractivity contribution in [2.24, 2.45) is 0 Å². The minimum absolute atomic E-state index is 0.0952. The Labute approximate surface area is 102 Å². The van der Waals surface area contributed by atoms with E-state index in [0.717, 1.165) is 0 Å². The van der Waals surface area contributed by atoms with Gasteiger partial charge in [-0.25, -0.2) is 0 Å². The van der Waals surface area contributed by atoms with Crippen molar-refractivity contribution in [2.75, 3.05) is 11.1 Å². The van der Waals surface area contributed by atoms with Gasteiger partial charge < -0.3 is 11.1 Å². The van der Waals surface area contributed by atoms with E-state index in [2.05, 4.69) is 5.32 Å². The lowest BCUT2D eigenvalue weighted by Gasteiger charge is -2.23. The summed E-state index contributed by atoms with van der Waals surface area (Å²) in [5.41, 5.74) is 5.20. The fraction of sp³-hybridized carbons (Fsp3) is 0.455. The van der Waals surface area contributed by atoms with Crippen LogP contribution in [-0.4, -0.2) is 11.7 Å². The van der Waals surface area contributed by atoms with Crippen molar-refractivity contribution in [1.29, 1.82) is 0 Å². The van der Waals surface area contributed by atoms with Crippen LogP contribution in [0.15, 0.2) is 12.1 Å². The second kappa shape index (κ2) is 3.70. The zero-order valence-electron chi connectivity index (χ0n) is 9.16. The molecule has 0 aromatic heterocycles. The predicted molar refractivity (Wildman–Crippen MR) is 62.2 cm³/mol. The quantitative estimate of drug-likeness (QED) is 0.799. The molecule has 0 amide bonds. The molecular weight excluding hydrogens is 253 g/mol. The zero-order valence-corrected chi connectivity index (χ0v) is 9.91. The number of rotatable bonds is 2. The second-order valence-electron chi connectivity index (χ2n) is 4.39. The molecule has 1 aromatic carbocycles. The summed E-state index contributed by atoms with van der Waals surface area (Å²) in [4.78, 5) is 0. The number of hydrogen-bond acceptors (Lipinski definition) is 2. The molecule has 0 heterocycles. The van der Waals surface area contributed by atoms with Gasteiger partial charge in [-0.3, -0.25) is 0 Å². The third kappa shape index (κ3) is 2.16. The highest BCUT2D eigenvalue weighted by atomic mass is 35.5. The van der Waals surface area contributed by atoms with E-state index in [1.165, 1.54) is 6.07 Å². The molecule has 2 nitrogen and oxygen atoms in total. The molecule has 3 N–H and O–H groups in total. The molecule has 1 saturated carbocycles. The maximum atomic E-state index is 12.8. The van der Waals surface area contributed by atoms with E-state index in [1.807, 2.05) is 0 Å². The SMILES string of the molecule is Cc1cc(N)c(Cl)cc1NC1(C(F)(F)F)CC1. The van der Waals surface area contributed by atoms with Crippen LogP contribution in [0.4, 0.5) is 24.5 Å². The van der Waals surface area contributed by atoms with Gasteiger partial charge >= 0.3 is 6.18 Å². The fourth-order valence-electron chi connectivity index (χ4n) is 1.70. The van der Waals surface area contributed by atoms with Gasteiger partial charge in [-0.1, -0.05) is 11.6 Å². The number of halogens is 4. The molecule has 6 heteroatoms. The maximum absolute atomic E-state index is 12.8. The molecule has 1 fully saturated rings. The summed E-state index contributed by atoms with van der Waals surface area (Å²) in [5, 5.41) is 2.80. The van der Waals surface area contributed by atoms with Crippen LogP contribution < -0.4 is 11.1 Å². The lowest BCUT2D eigenvalue weighted by molar-refractivity contribution is -0.151. The molecule has 2 rings (SSSR count). The highest BCUT2D eigenvalue weighted by Crippen LogP contribution is 2.51. The van der Waals surface area contributed by atoms with Crippen LogP contribution in [0, 0.1) is 6.92 Å². The minimum Gasteiger partial charge on any atom is -0.398 e. The van der Waals surface area contributed by atoms with Crippen molar-refractivity contribution < 1.29 is 13.2 Å². The normalized spacial score (nSPS) is 17.9. The van der Waals surface area contributed by atoms with Crippen LogP contribution >= 0.6 is 11.6 Å². The van der Waals surface area contributed by atoms with Crippen molar-refractivity contribution in [1.82, 2.24) is 0 Å². The van der Waals surface area contributed by atoms with Crippen LogP contribution in [0.2, 0.25) is 5.02 Å². The minimum atomic E-state index is -4.24. The van der Waals surface area contributed by atoms with E-state index in [1.54, 1.807) is 13.0 Å². The van der Waals surface area contributed by atoms with Gasteiger partial charge in [0.15, 0.2) is 0 Å². The van der Waals surface area contributed by atoms with Crippen LogP contribution in [-0.2, 0) is 0 Å². The lowest BCUT2D eigenvalue weighted by atomic mass is 10.1. The number of hydrogen-bond donors (Lipinski definition) is 2. The molecule has 0 bridgehead atoms. The van der Waals surface area contributed by atoms with Gasteiger partial charge in [0.1, 0.15) is 5.54 Å². The first kappa shape index (κ1) is 12.4. The third-order valence-corrected chi connectivity index (χ3v) is 3.34. The summed E-state index contributed by atoms with van der Waals surface area (Å²) >= 11 is 5.80. The number of aryl methyl sites for hydroxylation is 1. The number of nitrogens with two attached hydrogens (primary N) is 1. The Bertz CT molecular complexity index is 453. The first-order chi connectivity index (χ1) is 7.75. The van der Waals surface area contributed by atoms with Crippen molar-refractivity contribution in [2.45, 2.75) is 31.5 Å². The molecule has 0 spiro atoms. The maximum Gasteiger partial charge on any atom is 0.411 e. The number of nitrogens with one attached hydrogen (secondary N) is 1. The molecule has 0 atom stereocenters. The number of nitrogen functional groups attached to an aromatic ring is 1. The molecule has 17 heavy (non-hydrogen) atoms. The van der Waals surface area contributed by atoms with Gasteiger partial charge in [0.05, 0.1) is 10.7 Å². The van der Waals surface area contributed by atoms with Gasteiger partial charge in [0.2, 0.25) is 0 Å². The van der Waals surface area contributed by atoms with E-state index < -0.39 is 11.7 Å². The molecule has 1 aliphatic rings. The van der Waals surface area contributed by atoms with Gasteiger partial charge in [-0.2, -0.15) is 13.2 Å². The highest BCUT2D eigenvalue weighted by Gasteiger charge is 2.63. The van der Waals surface area contributed by atoms with Crippen molar-refractivity contribution in [3.8, 4) is 0 Å². The molecular formula is C11H12ClF3N2. The molecule has 0 aliphatic heterocycles. The van der Waals surface area contributed by atoms with Crippen LogP contribution in [0.1, 0.15) is 18.4 Å². The van der Waals surface area contributed by atoms with Crippen LogP contribution in [0.5, 0.6) is 0 Å².